The van der Waals surface area contributed by atoms with E-state index in [-0.39, 0.29) is 12.2 Å². The third kappa shape index (κ3) is 2.72. The van der Waals surface area contributed by atoms with E-state index in [1.807, 2.05) is 0 Å². The van der Waals surface area contributed by atoms with Gasteiger partial charge in [-0.3, -0.25) is 0 Å². The Bertz CT molecular complexity index is 491. The summed E-state index contributed by atoms with van der Waals surface area (Å²) in [5.74, 6) is -0.706. The van der Waals surface area contributed by atoms with Gasteiger partial charge in [0, 0.05) is 5.69 Å². The molecule has 0 unspecified atom stereocenters. The second-order valence-corrected chi connectivity index (χ2v) is 3.56. The molecule has 0 radical (unpaired) electrons. The van der Waals surface area contributed by atoms with Gasteiger partial charge in [-0.15, -0.1) is 0 Å². The molecule has 0 aliphatic rings. The molecular formula is C13H11F2NO. The molecule has 2 nitrogen and oxygen atoms in total. The molecule has 0 heterocycles. The number of rotatable bonds is 3. The number of nitrogens with two attached hydrogens (primary N) is 1. The van der Waals surface area contributed by atoms with Crippen LogP contribution in [-0.2, 0) is 6.61 Å². The monoisotopic (exact) mass is 235 g/mol. The molecule has 17 heavy (non-hydrogen) atoms. The maximum absolute atomic E-state index is 13.3. The Morgan fingerprint density at radius 2 is 1.53 bits per heavy atom. The number of hydrogen-bond acceptors (Lipinski definition) is 2. The van der Waals surface area contributed by atoms with Crippen molar-refractivity contribution in [2.45, 2.75) is 6.61 Å². The molecule has 0 bridgehead atoms. The third-order valence-electron chi connectivity index (χ3n) is 2.32. The second kappa shape index (κ2) is 4.82. The number of ether oxygens (including phenoxy) is 1. The summed E-state index contributed by atoms with van der Waals surface area (Å²) in [5.41, 5.74) is 6.03. The molecule has 2 rings (SSSR count). The van der Waals surface area contributed by atoms with Crippen molar-refractivity contribution in [3.63, 3.8) is 0 Å². The fraction of sp³-hybridized carbons (Fsp3) is 0.0769. The van der Waals surface area contributed by atoms with E-state index < -0.39 is 11.6 Å². The normalized spacial score (nSPS) is 10.2. The molecule has 4 heteroatoms. The molecule has 0 aliphatic carbocycles. The van der Waals surface area contributed by atoms with E-state index in [1.165, 1.54) is 18.2 Å². The summed E-state index contributed by atoms with van der Waals surface area (Å²) in [6.07, 6.45) is 0. The highest BCUT2D eigenvalue weighted by Gasteiger charge is 2.08. The topological polar surface area (TPSA) is 35.2 Å². The molecule has 0 atom stereocenters. The third-order valence-corrected chi connectivity index (χ3v) is 2.32. The Kier molecular flexibility index (Phi) is 3.23. The molecule has 0 aromatic heterocycles. The Labute approximate surface area is 97.6 Å². The van der Waals surface area contributed by atoms with Crippen LogP contribution in [0.15, 0.2) is 42.5 Å². The zero-order chi connectivity index (χ0) is 12.3. The van der Waals surface area contributed by atoms with Crippen molar-refractivity contribution < 1.29 is 13.5 Å². The maximum Gasteiger partial charge on any atom is 0.132 e. The van der Waals surface area contributed by atoms with Crippen LogP contribution in [0.3, 0.4) is 0 Å². The average Bonchev–Trinajstić information content (AvgIpc) is 2.31. The minimum Gasteiger partial charge on any atom is -0.489 e. The van der Waals surface area contributed by atoms with Crippen molar-refractivity contribution >= 4 is 5.69 Å². The van der Waals surface area contributed by atoms with Crippen LogP contribution in [0.1, 0.15) is 5.56 Å². The summed E-state index contributed by atoms with van der Waals surface area (Å²) in [5, 5.41) is 0. The van der Waals surface area contributed by atoms with Gasteiger partial charge < -0.3 is 10.5 Å². The van der Waals surface area contributed by atoms with Crippen LogP contribution in [0, 0.1) is 11.6 Å². The summed E-state index contributed by atoms with van der Waals surface area (Å²) < 4.78 is 31.8. The van der Waals surface area contributed by atoms with Crippen LogP contribution in [0.2, 0.25) is 0 Å². The summed E-state index contributed by atoms with van der Waals surface area (Å²) in [6.45, 7) is -0.150. The summed E-state index contributed by atoms with van der Waals surface area (Å²) in [6, 6.07) is 10.3. The van der Waals surface area contributed by atoms with Crippen molar-refractivity contribution in [2.24, 2.45) is 0 Å². The lowest BCUT2D eigenvalue weighted by molar-refractivity contribution is 0.292. The van der Waals surface area contributed by atoms with Crippen LogP contribution < -0.4 is 10.5 Å². The summed E-state index contributed by atoms with van der Waals surface area (Å²) in [4.78, 5) is 0. The van der Waals surface area contributed by atoms with E-state index in [0.717, 1.165) is 0 Å². The second-order valence-electron chi connectivity index (χ2n) is 3.56. The molecule has 2 aromatic carbocycles. The van der Waals surface area contributed by atoms with Crippen molar-refractivity contribution in [2.75, 3.05) is 5.73 Å². The fourth-order valence-corrected chi connectivity index (χ4v) is 1.39. The molecular weight excluding hydrogens is 224 g/mol. The minimum absolute atomic E-state index is 0.0793. The SMILES string of the molecule is Nc1ccc(OCc2c(F)cccc2F)cc1. The van der Waals surface area contributed by atoms with Crippen LogP contribution in [0.5, 0.6) is 5.75 Å². The van der Waals surface area contributed by atoms with Crippen LogP contribution in [0.4, 0.5) is 14.5 Å². The van der Waals surface area contributed by atoms with Crippen molar-refractivity contribution in [1.29, 1.82) is 0 Å². The van der Waals surface area contributed by atoms with E-state index in [9.17, 15) is 8.78 Å². The molecule has 0 saturated heterocycles. The molecule has 0 fully saturated rings. The van der Waals surface area contributed by atoms with Crippen LogP contribution in [-0.4, -0.2) is 0 Å². The quantitative estimate of drug-likeness (QED) is 0.829. The largest absolute Gasteiger partial charge is 0.489 e. The molecule has 0 aliphatic heterocycles. The Morgan fingerprint density at radius 1 is 0.941 bits per heavy atom. The number of halogens is 2. The van der Waals surface area contributed by atoms with E-state index in [2.05, 4.69) is 0 Å². The number of hydrogen-bond donors (Lipinski definition) is 1. The minimum atomic E-state index is -0.611. The standard InChI is InChI=1S/C13H11F2NO/c14-12-2-1-3-13(15)11(12)8-17-10-6-4-9(16)5-7-10/h1-7H,8,16H2. The first-order chi connectivity index (χ1) is 8.16. The summed E-state index contributed by atoms with van der Waals surface area (Å²) >= 11 is 0. The summed E-state index contributed by atoms with van der Waals surface area (Å²) in [7, 11) is 0. The number of anilines is 1. The zero-order valence-electron chi connectivity index (χ0n) is 8.99. The van der Waals surface area contributed by atoms with Gasteiger partial charge in [0.15, 0.2) is 0 Å². The van der Waals surface area contributed by atoms with Gasteiger partial charge in [-0.25, -0.2) is 8.78 Å². The lowest BCUT2D eigenvalue weighted by Gasteiger charge is -2.08. The molecule has 88 valence electrons. The van der Waals surface area contributed by atoms with Crippen molar-refractivity contribution in [3.05, 3.63) is 59.7 Å². The average molecular weight is 235 g/mol. The first-order valence-corrected chi connectivity index (χ1v) is 5.08. The first kappa shape index (κ1) is 11.4. The highest BCUT2D eigenvalue weighted by Crippen LogP contribution is 2.17. The van der Waals surface area contributed by atoms with Gasteiger partial charge in [-0.2, -0.15) is 0 Å². The first-order valence-electron chi connectivity index (χ1n) is 5.08. The Morgan fingerprint density at radius 3 is 2.12 bits per heavy atom. The molecule has 0 amide bonds. The van der Waals surface area contributed by atoms with Crippen molar-refractivity contribution in [1.82, 2.24) is 0 Å². The van der Waals surface area contributed by atoms with Crippen molar-refractivity contribution in [3.8, 4) is 5.75 Å². The number of benzene rings is 2. The van der Waals surface area contributed by atoms with E-state index in [4.69, 9.17) is 10.5 Å². The Balaban J connectivity index is 2.10. The molecule has 2 N–H and O–H groups in total. The van der Waals surface area contributed by atoms with Gasteiger partial charge in [-0.05, 0) is 36.4 Å². The lowest BCUT2D eigenvalue weighted by Crippen LogP contribution is -2.01. The van der Waals surface area contributed by atoms with Gasteiger partial charge in [-0.1, -0.05) is 6.07 Å². The predicted octanol–water partition coefficient (Wildman–Crippen LogP) is 3.13. The number of nitrogen functional groups attached to an aromatic ring is 1. The lowest BCUT2D eigenvalue weighted by atomic mass is 10.2. The van der Waals surface area contributed by atoms with Gasteiger partial charge in [0.2, 0.25) is 0 Å². The highest BCUT2D eigenvalue weighted by molar-refractivity contribution is 5.41. The smallest absolute Gasteiger partial charge is 0.132 e. The van der Waals surface area contributed by atoms with E-state index in [1.54, 1.807) is 24.3 Å². The molecule has 0 saturated carbocycles. The van der Waals surface area contributed by atoms with E-state index >= 15 is 0 Å². The highest BCUT2D eigenvalue weighted by atomic mass is 19.1. The molecule has 2 aromatic rings. The van der Waals surface area contributed by atoms with E-state index in [0.29, 0.717) is 11.4 Å². The molecule has 0 spiro atoms. The fourth-order valence-electron chi connectivity index (χ4n) is 1.39. The van der Waals surface area contributed by atoms with Crippen LogP contribution in [0.25, 0.3) is 0 Å². The van der Waals surface area contributed by atoms with Gasteiger partial charge >= 0.3 is 0 Å². The predicted molar refractivity (Wildman–Crippen MR) is 61.5 cm³/mol. The van der Waals surface area contributed by atoms with Crippen LogP contribution >= 0.6 is 0 Å². The van der Waals surface area contributed by atoms with Gasteiger partial charge in [0.1, 0.15) is 24.0 Å². The maximum atomic E-state index is 13.3. The zero-order valence-corrected chi connectivity index (χ0v) is 8.99. The van der Waals surface area contributed by atoms with Gasteiger partial charge in [0.05, 0.1) is 5.56 Å². The van der Waals surface area contributed by atoms with Gasteiger partial charge in [0.25, 0.3) is 0 Å². The Hall–Kier alpha value is -2.10.